The average molecular weight is 265 g/mol. The van der Waals surface area contributed by atoms with Crippen LogP contribution in [0.1, 0.15) is 15.9 Å². The third kappa shape index (κ3) is 3.53. The monoisotopic (exact) mass is 265 g/mol. The summed E-state index contributed by atoms with van der Waals surface area (Å²) in [5.41, 5.74) is 1.62. The molecule has 1 aliphatic rings. The fourth-order valence-electron chi connectivity index (χ4n) is 2.27. The molecule has 2 rings (SSSR count). The molecule has 1 N–H and O–H groups in total. The van der Waals surface area contributed by atoms with Crippen molar-refractivity contribution in [3.8, 4) is 5.75 Å². The quantitative estimate of drug-likeness (QED) is 0.794. The molecule has 1 atom stereocenters. The van der Waals surface area contributed by atoms with Gasteiger partial charge in [-0.1, -0.05) is 0 Å². The molecule has 0 saturated carbocycles. The first-order chi connectivity index (χ1) is 9.26. The summed E-state index contributed by atoms with van der Waals surface area (Å²) < 4.78 is 10.7. The minimum Gasteiger partial charge on any atom is -0.496 e. The number of benzene rings is 1. The molecule has 0 aliphatic carbocycles. The zero-order chi connectivity index (χ0) is 13.7. The van der Waals surface area contributed by atoms with E-state index in [4.69, 9.17) is 14.6 Å². The first-order valence-electron chi connectivity index (χ1n) is 6.33. The van der Waals surface area contributed by atoms with Crippen molar-refractivity contribution in [2.24, 2.45) is 0 Å². The molecule has 0 radical (unpaired) electrons. The van der Waals surface area contributed by atoms with Crippen molar-refractivity contribution in [1.82, 2.24) is 4.90 Å². The summed E-state index contributed by atoms with van der Waals surface area (Å²) in [6.07, 6.45) is 0.702. The molecule has 1 aromatic rings. The highest BCUT2D eigenvalue weighted by Crippen LogP contribution is 2.22. The second-order valence-corrected chi connectivity index (χ2v) is 4.60. The van der Waals surface area contributed by atoms with Gasteiger partial charge in [0.15, 0.2) is 0 Å². The lowest BCUT2D eigenvalue weighted by Crippen LogP contribution is -2.43. The van der Waals surface area contributed by atoms with E-state index in [0.29, 0.717) is 25.3 Å². The van der Waals surface area contributed by atoms with Crippen LogP contribution < -0.4 is 4.74 Å². The van der Waals surface area contributed by atoms with Crippen molar-refractivity contribution < 1.29 is 19.4 Å². The van der Waals surface area contributed by atoms with Gasteiger partial charge >= 0.3 is 0 Å². The smallest absolute Gasteiger partial charge is 0.150 e. The molecule has 19 heavy (non-hydrogen) atoms. The number of hydrogen-bond acceptors (Lipinski definition) is 5. The Balaban J connectivity index is 2.10. The molecule has 1 fully saturated rings. The van der Waals surface area contributed by atoms with Crippen LogP contribution in [0.5, 0.6) is 5.75 Å². The maximum Gasteiger partial charge on any atom is 0.150 e. The fourth-order valence-corrected chi connectivity index (χ4v) is 2.27. The summed E-state index contributed by atoms with van der Waals surface area (Å²) >= 11 is 0. The molecular formula is C14H19NO4. The van der Waals surface area contributed by atoms with E-state index in [1.54, 1.807) is 13.2 Å². The van der Waals surface area contributed by atoms with Gasteiger partial charge in [-0.25, -0.2) is 0 Å². The van der Waals surface area contributed by atoms with E-state index in [9.17, 15) is 4.79 Å². The molecule has 5 nitrogen and oxygen atoms in total. The molecule has 0 amide bonds. The lowest BCUT2D eigenvalue weighted by molar-refractivity contribution is -0.0552. The van der Waals surface area contributed by atoms with Crippen molar-refractivity contribution >= 4 is 6.29 Å². The van der Waals surface area contributed by atoms with Gasteiger partial charge in [0.25, 0.3) is 0 Å². The number of hydrogen-bond donors (Lipinski definition) is 1. The van der Waals surface area contributed by atoms with Crippen LogP contribution in [-0.4, -0.2) is 55.8 Å². The third-order valence-corrected chi connectivity index (χ3v) is 3.26. The Kier molecular flexibility index (Phi) is 4.90. The fraction of sp³-hybridized carbons (Fsp3) is 0.500. The highest BCUT2D eigenvalue weighted by atomic mass is 16.5. The normalized spacial score (nSPS) is 20.2. The Labute approximate surface area is 112 Å². The van der Waals surface area contributed by atoms with E-state index in [2.05, 4.69) is 4.90 Å². The zero-order valence-electron chi connectivity index (χ0n) is 11.0. The molecule has 1 aliphatic heterocycles. The lowest BCUT2D eigenvalue weighted by atomic mass is 10.1. The summed E-state index contributed by atoms with van der Waals surface area (Å²) in [4.78, 5) is 13.0. The first-order valence-corrected chi connectivity index (χ1v) is 6.33. The van der Waals surface area contributed by atoms with E-state index in [-0.39, 0.29) is 12.7 Å². The van der Waals surface area contributed by atoms with Gasteiger partial charge in [0.2, 0.25) is 0 Å². The number of carbonyl (C=O) groups excluding carboxylic acids is 1. The van der Waals surface area contributed by atoms with Gasteiger partial charge in [-0.05, 0) is 18.2 Å². The maximum atomic E-state index is 10.8. The van der Waals surface area contributed by atoms with Gasteiger partial charge in [-0.15, -0.1) is 0 Å². The molecule has 1 saturated heterocycles. The molecule has 5 heteroatoms. The second kappa shape index (κ2) is 6.65. The summed E-state index contributed by atoms with van der Waals surface area (Å²) in [6, 6.07) is 5.39. The van der Waals surface area contributed by atoms with Crippen molar-refractivity contribution in [3.63, 3.8) is 0 Å². The van der Waals surface area contributed by atoms with E-state index in [0.717, 1.165) is 24.1 Å². The van der Waals surface area contributed by atoms with E-state index < -0.39 is 0 Å². The van der Waals surface area contributed by atoms with Crippen LogP contribution in [0.25, 0.3) is 0 Å². The molecule has 1 aromatic carbocycles. The topological polar surface area (TPSA) is 59.0 Å². The van der Waals surface area contributed by atoms with Gasteiger partial charge < -0.3 is 14.6 Å². The minimum atomic E-state index is -0.131. The van der Waals surface area contributed by atoms with Crippen LogP contribution in [0.4, 0.5) is 0 Å². The largest absolute Gasteiger partial charge is 0.496 e. The number of aldehydes is 1. The number of carbonyl (C=O) groups is 1. The predicted molar refractivity (Wildman–Crippen MR) is 70.5 cm³/mol. The number of rotatable bonds is 5. The summed E-state index contributed by atoms with van der Waals surface area (Å²) in [5.74, 6) is 0.776. The standard InChI is InChI=1S/C14H19NO4/c1-18-14-3-2-11(9-16)6-12(14)7-15-4-5-19-13(8-15)10-17/h2-3,6,9,13,17H,4-5,7-8,10H2,1H3. The number of morpholine rings is 1. The van der Waals surface area contributed by atoms with Gasteiger partial charge in [0, 0.05) is 30.8 Å². The van der Waals surface area contributed by atoms with Crippen molar-refractivity contribution in [2.45, 2.75) is 12.6 Å². The molecule has 0 spiro atoms. The Bertz CT molecular complexity index is 435. The SMILES string of the molecule is COc1ccc(C=O)cc1CN1CCOC(CO)C1. The van der Waals surface area contributed by atoms with Crippen LogP contribution in [-0.2, 0) is 11.3 Å². The Morgan fingerprint density at radius 1 is 1.58 bits per heavy atom. The zero-order valence-corrected chi connectivity index (χ0v) is 11.0. The predicted octanol–water partition coefficient (Wildman–Crippen LogP) is 0.701. The van der Waals surface area contributed by atoms with Crippen LogP contribution in [0.3, 0.4) is 0 Å². The van der Waals surface area contributed by atoms with Crippen molar-refractivity contribution in [1.29, 1.82) is 0 Å². The highest BCUT2D eigenvalue weighted by molar-refractivity contribution is 5.75. The van der Waals surface area contributed by atoms with E-state index in [1.165, 1.54) is 0 Å². The highest BCUT2D eigenvalue weighted by Gasteiger charge is 2.20. The molecule has 104 valence electrons. The van der Waals surface area contributed by atoms with Gasteiger partial charge in [0.1, 0.15) is 12.0 Å². The minimum absolute atomic E-state index is 0.0298. The molecular weight excluding hydrogens is 246 g/mol. The van der Waals surface area contributed by atoms with Crippen molar-refractivity contribution in [3.05, 3.63) is 29.3 Å². The Morgan fingerprint density at radius 3 is 3.11 bits per heavy atom. The lowest BCUT2D eigenvalue weighted by Gasteiger charge is -2.32. The van der Waals surface area contributed by atoms with E-state index in [1.807, 2.05) is 12.1 Å². The van der Waals surface area contributed by atoms with Crippen LogP contribution in [0, 0.1) is 0 Å². The van der Waals surface area contributed by atoms with Gasteiger partial charge in [0.05, 0.1) is 26.4 Å². The maximum absolute atomic E-state index is 10.8. The average Bonchev–Trinajstić information content (AvgIpc) is 2.47. The number of nitrogens with zero attached hydrogens (tertiary/aromatic N) is 1. The molecule has 0 bridgehead atoms. The summed E-state index contributed by atoms with van der Waals surface area (Å²) in [5, 5.41) is 9.14. The second-order valence-electron chi connectivity index (χ2n) is 4.60. The number of aliphatic hydroxyl groups is 1. The molecule has 0 aromatic heterocycles. The Morgan fingerprint density at radius 2 is 2.42 bits per heavy atom. The summed E-state index contributed by atoms with van der Waals surface area (Å²) in [7, 11) is 1.62. The van der Waals surface area contributed by atoms with Crippen LogP contribution in [0.2, 0.25) is 0 Å². The number of methoxy groups -OCH3 is 1. The Hall–Kier alpha value is -1.43. The summed E-state index contributed by atoms with van der Waals surface area (Å²) in [6.45, 7) is 2.82. The molecule has 1 unspecified atom stereocenters. The molecule has 1 heterocycles. The third-order valence-electron chi connectivity index (χ3n) is 3.26. The first kappa shape index (κ1) is 14.0. The number of ether oxygens (including phenoxy) is 2. The van der Waals surface area contributed by atoms with Crippen LogP contribution in [0.15, 0.2) is 18.2 Å². The van der Waals surface area contributed by atoms with Gasteiger partial charge in [-0.3, -0.25) is 9.69 Å². The number of aliphatic hydroxyl groups excluding tert-OH is 1. The van der Waals surface area contributed by atoms with Crippen LogP contribution >= 0.6 is 0 Å². The van der Waals surface area contributed by atoms with Crippen molar-refractivity contribution in [2.75, 3.05) is 33.4 Å². The van der Waals surface area contributed by atoms with E-state index >= 15 is 0 Å². The van der Waals surface area contributed by atoms with Gasteiger partial charge in [-0.2, -0.15) is 0 Å².